The van der Waals surface area contributed by atoms with E-state index >= 15 is 0 Å². The minimum absolute atomic E-state index is 0.190. The molecular weight excluding hydrogens is 330 g/mol. The van der Waals surface area contributed by atoms with E-state index in [4.69, 9.17) is 14.2 Å². The van der Waals surface area contributed by atoms with E-state index in [2.05, 4.69) is 12.2 Å². The van der Waals surface area contributed by atoms with E-state index in [-0.39, 0.29) is 12.7 Å². The lowest BCUT2D eigenvalue weighted by molar-refractivity contribution is -0.111. The molecule has 2 aromatic rings. The van der Waals surface area contributed by atoms with Crippen LogP contribution in [0, 0.1) is 0 Å². The second-order valence-electron chi connectivity index (χ2n) is 5.67. The number of hydrogen-bond donors (Lipinski definition) is 1. The summed E-state index contributed by atoms with van der Waals surface area (Å²) in [6.45, 7) is 3.04. The number of anilines is 1. The maximum Gasteiger partial charge on any atom is 0.248 e. The van der Waals surface area contributed by atoms with E-state index in [9.17, 15) is 4.79 Å². The monoisotopic (exact) mass is 355 g/mol. The number of ether oxygens (including phenoxy) is 3. The lowest BCUT2D eigenvalue weighted by Gasteiger charge is -2.07. The summed E-state index contributed by atoms with van der Waals surface area (Å²) in [4.78, 5) is 12.0. The fraction of sp³-hybridized carbons (Fsp3) is 0.286. The van der Waals surface area contributed by atoms with E-state index in [1.165, 1.54) is 6.08 Å². The Morgan fingerprint density at radius 1 is 1.00 bits per heavy atom. The Bertz CT molecular complexity index is 693. The van der Waals surface area contributed by atoms with Gasteiger partial charge in [-0.25, -0.2) is 0 Å². The zero-order valence-corrected chi connectivity index (χ0v) is 15.2. The van der Waals surface area contributed by atoms with Crippen LogP contribution >= 0.6 is 0 Å². The van der Waals surface area contributed by atoms with Gasteiger partial charge in [0.2, 0.25) is 5.91 Å². The largest absolute Gasteiger partial charge is 0.494 e. The molecule has 0 aliphatic heterocycles. The Hall–Kier alpha value is -2.79. The number of benzene rings is 2. The highest BCUT2D eigenvalue weighted by Crippen LogP contribution is 2.16. The topological polar surface area (TPSA) is 56.8 Å². The van der Waals surface area contributed by atoms with Crippen LogP contribution in [0.25, 0.3) is 6.08 Å². The van der Waals surface area contributed by atoms with Crippen molar-refractivity contribution >= 4 is 17.7 Å². The first-order valence-corrected chi connectivity index (χ1v) is 8.65. The van der Waals surface area contributed by atoms with E-state index in [0.717, 1.165) is 35.6 Å². The van der Waals surface area contributed by atoms with Gasteiger partial charge < -0.3 is 19.5 Å². The summed E-state index contributed by atoms with van der Waals surface area (Å²) in [6.07, 6.45) is 5.38. The minimum atomic E-state index is -0.190. The van der Waals surface area contributed by atoms with Gasteiger partial charge in [0.1, 0.15) is 11.5 Å². The molecule has 0 bridgehead atoms. The third kappa shape index (κ3) is 6.99. The molecule has 0 saturated carbocycles. The molecule has 2 aromatic carbocycles. The predicted octanol–water partition coefficient (Wildman–Crippen LogP) is 4.50. The van der Waals surface area contributed by atoms with Crippen LogP contribution in [0.4, 0.5) is 5.69 Å². The molecule has 0 radical (unpaired) electrons. The Morgan fingerprint density at radius 2 is 1.65 bits per heavy atom. The number of hydrogen-bond acceptors (Lipinski definition) is 4. The van der Waals surface area contributed by atoms with Gasteiger partial charge in [-0.05, 0) is 54.5 Å². The minimum Gasteiger partial charge on any atom is -0.494 e. The summed E-state index contributed by atoms with van der Waals surface area (Å²) < 4.78 is 15.8. The zero-order chi connectivity index (χ0) is 18.6. The van der Waals surface area contributed by atoms with Gasteiger partial charge in [-0.15, -0.1) is 0 Å². The van der Waals surface area contributed by atoms with Gasteiger partial charge in [-0.1, -0.05) is 25.5 Å². The third-order valence-electron chi connectivity index (χ3n) is 3.54. The molecule has 0 aliphatic rings. The molecule has 1 amide bonds. The number of nitrogens with one attached hydrogen (secondary N) is 1. The molecule has 0 fully saturated rings. The molecule has 5 nitrogen and oxygen atoms in total. The summed E-state index contributed by atoms with van der Waals surface area (Å²) in [6, 6.07) is 14.8. The first kappa shape index (κ1) is 19.5. The Kier molecular flexibility index (Phi) is 8.23. The first-order chi connectivity index (χ1) is 12.7. The zero-order valence-electron chi connectivity index (χ0n) is 15.2. The van der Waals surface area contributed by atoms with Crippen LogP contribution in [0.5, 0.6) is 11.5 Å². The van der Waals surface area contributed by atoms with Gasteiger partial charge in [-0.3, -0.25) is 4.79 Å². The van der Waals surface area contributed by atoms with Crippen molar-refractivity contribution in [2.75, 3.05) is 25.8 Å². The number of methoxy groups -OCH3 is 1. The molecular formula is C21H25NO4. The van der Waals surface area contributed by atoms with Crippen molar-refractivity contribution in [2.24, 2.45) is 0 Å². The molecule has 26 heavy (non-hydrogen) atoms. The van der Waals surface area contributed by atoms with Crippen molar-refractivity contribution < 1.29 is 19.0 Å². The van der Waals surface area contributed by atoms with Crippen LogP contribution in [-0.2, 0) is 9.53 Å². The quantitative estimate of drug-likeness (QED) is 0.387. The van der Waals surface area contributed by atoms with Gasteiger partial charge in [0.25, 0.3) is 0 Å². The fourth-order valence-electron chi connectivity index (χ4n) is 2.13. The molecule has 2 rings (SSSR count). The molecule has 138 valence electrons. The van der Waals surface area contributed by atoms with Crippen molar-refractivity contribution in [3.05, 3.63) is 60.2 Å². The highest BCUT2D eigenvalue weighted by molar-refractivity contribution is 6.01. The molecule has 0 heterocycles. The van der Waals surface area contributed by atoms with E-state index in [1.54, 1.807) is 13.2 Å². The number of carbonyl (C=O) groups excluding carboxylic acids is 1. The fourth-order valence-corrected chi connectivity index (χ4v) is 2.13. The summed E-state index contributed by atoms with van der Waals surface area (Å²) in [5, 5.41) is 2.82. The first-order valence-electron chi connectivity index (χ1n) is 8.65. The van der Waals surface area contributed by atoms with E-state index in [0.29, 0.717) is 6.61 Å². The summed E-state index contributed by atoms with van der Waals surface area (Å²) in [5.41, 5.74) is 1.63. The van der Waals surface area contributed by atoms with Crippen molar-refractivity contribution in [2.45, 2.75) is 19.8 Å². The Balaban J connectivity index is 1.82. The molecule has 0 unspecified atom stereocenters. The normalized spacial score (nSPS) is 10.7. The summed E-state index contributed by atoms with van der Waals surface area (Å²) in [5.74, 6) is 1.34. The Labute approximate surface area is 154 Å². The molecule has 5 heteroatoms. The van der Waals surface area contributed by atoms with Crippen LogP contribution in [0.2, 0.25) is 0 Å². The molecule has 0 aliphatic carbocycles. The molecule has 0 spiro atoms. The molecule has 0 atom stereocenters. The lowest BCUT2D eigenvalue weighted by Crippen LogP contribution is -2.07. The van der Waals surface area contributed by atoms with E-state index in [1.807, 2.05) is 48.5 Å². The van der Waals surface area contributed by atoms with Crippen LogP contribution in [0.1, 0.15) is 25.3 Å². The summed E-state index contributed by atoms with van der Waals surface area (Å²) in [7, 11) is 1.57. The van der Waals surface area contributed by atoms with Crippen LogP contribution in [0.3, 0.4) is 0 Å². The highest BCUT2D eigenvalue weighted by atomic mass is 16.7. The third-order valence-corrected chi connectivity index (χ3v) is 3.54. The maximum absolute atomic E-state index is 12.0. The van der Waals surface area contributed by atoms with Crippen molar-refractivity contribution in [1.29, 1.82) is 0 Å². The van der Waals surface area contributed by atoms with Crippen LogP contribution in [-0.4, -0.2) is 26.4 Å². The van der Waals surface area contributed by atoms with Crippen molar-refractivity contribution in [1.82, 2.24) is 0 Å². The predicted molar refractivity (Wildman–Crippen MR) is 103 cm³/mol. The van der Waals surface area contributed by atoms with Crippen molar-refractivity contribution in [3.8, 4) is 11.5 Å². The molecule has 0 aromatic heterocycles. The molecule has 0 saturated heterocycles. The number of unbranched alkanes of at least 4 members (excludes halogenated alkanes) is 1. The maximum atomic E-state index is 12.0. The summed E-state index contributed by atoms with van der Waals surface area (Å²) >= 11 is 0. The van der Waals surface area contributed by atoms with Gasteiger partial charge in [-0.2, -0.15) is 0 Å². The smallest absolute Gasteiger partial charge is 0.248 e. The second kappa shape index (κ2) is 10.9. The van der Waals surface area contributed by atoms with Crippen LogP contribution < -0.4 is 14.8 Å². The van der Waals surface area contributed by atoms with E-state index < -0.39 is 0 Å². The van der Waals surface area contributed by atoms with Gasteiger partial charge in [0, 0.05) is 18.9 Å². The number of amides is 1. The van der Waals surface area contributed by atoms with Gasteiger partial charge in [0.15, 0.2) is 6.79 Å². The average Bonchev–Trinajstić information content (AvgIpc) is 2.67. The lowest BCUT2D eigenvalue weighted by atomic mass is 10.2. The standard InChI is InChI=1S/C21H25NO4/c1-3-4-15-25-19-12-8-18(9-13-19)22-21(23)14-7-17-5-10-20(11-6-17)26-16-24-2/h5-14H,3-4,15-16H2,1-2H3,(H,22,23)/b14-7+. The van der Waals surface area contributed by atoms with Gasteiger partial charge in [0.05, 0.1) is 6.61 Å². The van der Waals surface area contributed by atoms with Crippen LogP contribution in [0.15, 0.2) is 54.6 Å². The number of carbonyl (C=O) groups is 1. The van der Waals surface area contributed by atoms with Gasteiger partial charge >= 0.3 is 0 Å². The van der Waals surface area contributed by atoms with Crippen molar-refractivity contribution in [3.63, 3.8) is 0 Å². The Morgan fingerprint density at radius 3 is 2.31 bits per heavy atom. The SMILES string of the molecule is CCCCOc1ccc(NC(=O)/C=C/c2ccc(OCOC)cc2)cc1. The highest BCUT2D eigenvalue weighted by Gasteiger charge is 2.00. The molecule has 1 N–H and O–H groups in total. The second-order valence-corrected chi connectivity index (χ2v) is 5.67. The number of rotatable bonds is 10. The average molecular weight is 355 g/mol.